The van der Waals surface area contributed by atoms with Crippen molar-refractivity contribution in [2.24, 2.45) is 5.73 Å². The maximum absolute atomic E-state index is 12.0. The third-order valence-corrected chi connectivity index (χ3v) is 3.78. The maximum Gasteiger partial charge on any atom is 0.227 e. The summed E-state index contributed by atoms with van der Waals surface area (Å²) < 4.78 is 10.9. The van der Waals surface area contributed by atoms with E-state index in [1.54, 1.807) is 13.2 Å². The first-order valence-electron chi connectivity index (χ1n) is 7.92. The van der Waals surface area contributed by atoms with E-state index in [2.05, 4.69) is 18.3 Å². The van der Waals surface area contributed by atoms with Crippen molar-refractivity contribution in [3.63, 3.8) is 0 Å². The number of rotatable bonds is 8. The minimum absolute atomic E-state index is 0.136. The molecule has 0 radical (unpaired) electrons. The predicted molar refractivity (Wildman–Crippen MR) is 95.1 cm³/mol. The highest BCUT2D eigenvalue weighted by molar-refractivity contribution is 5.91. The van der Waals surface area contributed by atoms with E-state index in [4.69, 9.17) is 15.2 Å². The van der Waals surface area contributed by atoms with Gasteiger partial charge >= 0.3 is 0 Å². The van der Waals surface area contributed by atoms with Gasteiger partial charge in [-0.2, -0.15) is 0 Å². The van der Waals surface area contributed by atoms with Crippen molar-refractivity contribution in [1.29, 1.82) is 0 Å². The second-order valence-corrected chi connectivity index (χ2v) is 5.59. The van der Waals surface area contributed by atoms with Crippen molar-refractivity contribution in [2.75, 3.05) is 19.0 Å². The first kappa shape index (κ1) is 18.0. The van der Waals surface area contributed by atoms with E-state index in [-0.39, 0.29) is 18.4 Å². The number of aryl methyl sites for hydroxylation is 1. The molecule has 0 aliphatic carbocycles. The molecular weight excluding hydrogens is 304 g/mol. The van der Waals surface area contributed by atoms with Gasteiger partial charge in [-0.05, 0) is 30.2 Å². The lowest BCUT2D eigenvalue weighted by Crippen LogP contribution is -2.28. The Balaban J connectivity index is 1.94. The second kappa shape index (κ2) is 9.05. The molecule has 1 atom stereocenters. The van der Waals surface area contributed by atoms with Crippen LogP contribution in [0.3, 0.4) is 0 Å². The lowest BCUT2D eigenvalue weighted by molar-refractivity contribution is -0.118. The zero-order valence-electron chi connectivity index (χ0n) is 14.1. The number of nitrogens with one attached hydrogen (secondary N) is 1. The van der Waals surface area contributed by atoms with Gasteiger partial charge < -0.3 is 20.5 Å². The maximum atomic E-state index is 12.0. The lowest BCUT2D eigenvalue weighted by atomic mass is 10.1. The highest BCUT2D eigenvalue weighted by Gasteiger charge is 2.11. The predicted octanol–water partition coefficient (Wildman–Crippen LogP) is 2.88. The number of amides is 1. The minimum Gasteiger partial charge on any atom is -0.489 e. The molecule has 0 saturated carbocycles. The van der Waals surface area contributed by atoms with E-state index >= 15 is 0 Å². The second-order valence-electron chi connectivity index (χ2n) is 5.59. The van der Waals surface area contributed by atoms with Crippen molar-refractivity contribution in [1.82, 2.24) is 0 Å². The quantitative estimate of drug-likeness (QED) is 0.781. The molecule has 2 aromatic rings. The van der Waals surface area contributed by atoms with Crippen LogP contribution in [0.15, 0.2) is 48.5 Å². The van der Waals surface area contributed by atoms with Crippen LogP contribution >= 0.6 is 0 Å². The fraction of sp³-hybridized carbons (Fsp3) is 0.316. The van der Waals surface area contributed by atoms with Crippen LogP contribution in [0.4, 0.5) is 5.69 Å². The standard InChI is InChI=1S/C19H24N2O3/c1-14-6-3-4-7-15(14)13-24-17-9-5-8-16(10-17)21-19(22)11-18(12-20)23-2/h3-10,18H,11-13,20H2,1-2H3,(H,21,22). The van der Waals surface area contributed by atoms with Crippen molar-refractivity contribution in [2.45, 2.75) is 26.1 Å². The largest absolute Gasteiger partial charge is 0.489 e. The van der Waals surface area contributed by atoms with Crippen LogP contribution in [0, 0.1) is 6.92 Å². The number of hydrogen-bond donors (Lipinski definition) is 2. The number of ether oxygens (including phenoxy) is 2. The first-order valence-corrected chi connectivity index (χ1v) is 7.92. The molecule has 24 heavy (non-hydrogen) atoms. The first-order chi connectivity index (χ1) is 11.6. The summed E-state index contributed by atoms with van der Waals surface area (Å²) in [5.41, 5.74) is 8.55. The molecule has 0 aliphatic rings. The molecule has 0 aliphatic heterocycles. The number of methoxy groups -OCH3 is 1. The molecule has 0 saturated heterocycles. The van der Waals surface area contributed by atoms with Gasteiger partial charge in [0.05, 0.1) is 12.5 Å². The monoisotopic (exact) mass is 328 g/mol. The molecule has 0 bridgehead atoms. The molecule has 5 nitrogen and oxygen atoms in total. The third-order valence-electron chi connectivity index (χ3n) is 3.78. The Morgan fingerprint density at radius 1 is 1.21 bits per heavy atom. The summed E-state index contributed by atoms with van der Waals surface area (Å²) >= 11 is 0. The zero-order valence-corrected chi connectivity index (χ0v) is 14.1. The number of anilines is 1. The molecule has 3 N–H and O–H groups in total. The average molecular weight is 328 g/mol. The number of nitrogens with two attached hydrogens (primary N) is 1. The summed E-state index contributed by atoms with van der Waals surface area (Å²) in [5.74, 6) is 0.571. The van der Waals surface area contributed by atoms with E-state index in [0.717, 1.165) is 5.56 Å². The number of hydrogen-bond acceptors (Lipinski definition) is 4. The Hall–Kier alpha value is -2.37. The van der Waals surface area contributed by atoms with Crippen LogP contribution in [-0.2, 0) is 16.1 Å². The van der Waals surface area contributed by atoms with E-state index in [9.17, 15) is 4.79 Å². The lowest BCUT2D eigenvalue weighted by Gasteiger charge is -2.13. The highest BCUT2D eigenvalue weighted by atomic mass is 16.5. The van der Waals surface area contributed by atoms with E-state index in [1.165, 1.54) is 5.56 Å². The van der Waals surface area contributed by atoms with Gasteiger partial charge in [0.1, 0.15) is 12.4 Å². The van der Waals surface area contributed by atoms with Gasteiger partial charge in [-0.1, -0.05) is 30.3 Å². The van der Waals surface area contributed by atoms with Gasteiger partial charge in [0.2, 0.25) is 5.91 Å². The molecule has 0 fully saturated rings. The molecule has 0 spiro atoms. The van der Waals surface area contributed by atoms with Crippen molar-refractivity contribution < 1.29 is 14.3 Å². The topological polar surface area (TPSA) is 73.6 Å². The van der Waals surface area contributed by atoms with E-state index < -0.39 is 0 Å². The molecule has 5 heteroatoms. The summed E-state index contributed by atoms with van der Waals surface area (Å²) in [5, 5.41) is 2.84. The molecule has 1 amide bonds. The van der Waals surface area contributed by atoms with Crippen LogP contribution in [0.1, 0.15) is 17.5 Å². The average Bonchev–Trinajstić information content (AvgIpc) is 2.59. The Morgan fingerprint density at radius 3 is 2.71 bits per heavy atom. The Morgan fingerprint density at radius 2 is 2.00 bits per heavy atom. The van der Waals surface area contributed by atoms with Gasteiger partial charge in [-0.3, -0.25) is 4.79 Å². The van der Waals surface area contributed by atoms with E-state index in [0.29, 0.717) is 24.6 Å². The van der Waals surface area contributed by atoms with Crippen LogP contribution < -0.4 is 15.8 Å². The summed E-state index contributed by atoms with van der Waals surface area (Å²) in [6, 6.07) is 15.4. The van der Waals surface area contributed by atoms with Crippen molar-refractivity contribution in [3.8, 4) is 5.75 Å². The van der Waals surface area contributed by atoms with Crippen LogP contribution in [0.5, 0.6) is 5.75 Å². The Labute approximate surface area is 142 Å². The Bertz CT molecular complexity index is 669. The van der Waals surface area contributed by atoms with Crippen LogP contribution in [0.25, 0.3) is 0 Å². The molecule has 128 valence electrons. The summed E-state index contributed by atoms with van der Waals surface area (Å²) in [6.45, 7) is 2.85. The number of carbonyl (C=O) groups is 1. The molecule has 1 unspecified atom stereocenters. The van der Waals surface area contributed by atoms with Gasteiger partial charge in [-0.25, -0.2) is 0 Å². The summed E-state index contributed by atoms with van der Waals surface area (Å²) in [6.07, 6.45) is -0.0492. The SMILES string of the molecule is COC(CN)CC(=O)Nc1cccc(OCc2ccccc2C)c1. The van der Waals surface area contributed by atoms with E-state index in [1.807, 2.05) is 36.4 Å². The van der Waals surface area contributed by atoms with Gasteiger partial charge in [0, 0.05) is 25.4 Å². The fourth-order valence-corrected chi connectivity index (χ4v) is 2.28. The molecule has 2 rings (SSSR count). The highest BCUT2D eigenvalue weighted by Crippen LogP contribution is 2.19. The molecular formula is C19H24N2O3. The van der Waals surface area contributed by atoms with Crippen molar-refractivity contribution >= 4 is 11.6 Å². The molecule has 2 aromatic carbocycles. The minimum atomic E-state index is -0.273. The van der Waals surface area contributed by atoms with Crippen molar-refractivity contribution in [3.05, 3.63) is 59.7 Å². The van der Waals surface area contributed by atoms with Gasteiger partial charge in [0.25, 0.3) is 0 Å². The fourth-order valence-electron chi connectivity index (χ4n) is 2.28. The number of benzene rings is 2. The smallest absolute Gasteiger partial charge is 0.227 e. The Kier molecular flexibility index (Phi) is 6.78. The summed E-state index contributed by atoms with van der Waals surface area (Å²) in [4.78, 5) is 12.0. The zero-order chi connectivity index (χ0) is 17.4. The number of carbonyl (C=O) groups excluding carboxylic acids is 1. The molecule has 0 heterocycles. The van der Waals surface area contributed by atoms with Crippen LogP contribution in [0.2, 0.25) is 0 Å². The van der Waals surface area contributed by atoms with Gasteiger partial charge in [-0.15, -0.1) is 0 Å². The third kappa shape index (κ3) is 5.37. The summed E-state index contributed by atoms with van der Waals surface area (Å²) in [7, 11) is 1.55. The van der Waals surface area contributed by atoms with Gasteiger partial charge in [0.15, 0.2) is 0 Å². The molecule has 0 aromatic heterocycles. The normalized spacial score (nSPS) is 11.8. The van der Waals surface area contributed by atoms with Crippen LogP contribution in [-0.4, -0.2) is 25.7 Å².